The summed E-state index contributed by atoms with van der Waals surface area (Å²) in [5.74, 6) is 0.224. The number of rotatable bonds is 2. The van der Waals surface area contributed by atoms with Gasteiger partial charge in [-0.05, 0) is 38.2 Å². The van der Waals surface area contributed by atoms with E-state index in [-0.39, 0.29) is 11.7 Å². The van der Waals surface area contributed by atoms with Crippen LogP contribution in [0.5, 0.6) is 5.75 Å². The van der Waals surface area contributed by atoms with Gasteiger partial charge in [-0.25, -0.2) is 0 Å². The molecule has 0 saturated carbocycles. The van der Waals surface area contributed by atoms with E-state index in [0.29, 0.717) is 18.8 Å². The summed E-state index contributed by atoms with van der Waals surface area (Å²) < 4.78 is 0. The minimum absolute atomic E-state index is 0.0623. The third-order valence-corrected chi connectivity index (χ3v) is 3.51. The lowest BCUT2D eigenvalue weighted by molar-refractivity contribution is 0.0942. The fraction of sp³-hybridized carbons (Fsp3) is 0.357. The molecule has 19 heavy (non-hydrogen) atoms. The van der Waals surface area contributed by atoms with E-state index in [0.717, 1.165) is 28.5 Å². The standard InChI is InChI=1S/C14H17N3O2/c1-17(2)7-9-11(18)4-3-10-12(9)8-5-6-15-14(19)13(8)16-10/h3-4,16,18H,5-7H2,1-2H3,(H,15,19). The van der Waals surface area contributed by atoms with Gasteiger partial charge in [-0.1, -0.05) is 0 Å². The molecule has 1 amide bonds. The molecule has 3 N–H and O–H groups in total. The zero-order valence-electron chi connectivity index (χ0n) is 11.1. The maximum atomic E-state index is 11.9. The second kappa shape index (κ2) is 4.28. The van der Waals surface area contributed by atoms with Crippen LogP contribution in [0.4, 0.5) is 0 Å². The molecule has 0 aliphatic carbocycles. The smallest absolute Gasteiger partial charge is 0.268 e. The summed E-state index contributed by atoms with van der Waals surface area (Å²) in [6, 6.07) is 3.51. The van der Waals surface area contributed by atoms with Gasteiger partial charge in [0.05, 0.1) is 0 Å². The minimum atomic E-state index is -0.0623. The molecule has 1 aliphatic heterocycles. The van der Waals surface area contributed by atoms with Crippen LogP contribution in [0.3, 0.4) is 0 Å². The van der Waals surface area contributed by atoms with E-state index in [9.17, 15) is 9.90 Å². The van der Waals surface area contributed by atoms with Crippen molar-refractivity contribution >= 4 is 16.8 Å². The van der Waals surface area contributed by atoms with E-state index < -0.39 is 0 Å². The SMILES string of the molecule is CN(C)Cc1c(O)ccc2[nH]c3c(c12)CCNC3=O. The zero-order chi connectivity index (χ0) is 13.6. The summed E-state index contributed by atoms with van der Waals surface area (Å²) in [6.45, 7) is 1.30. The molecule has 2 aromatic rings. The Hall–Kier alpha value is -2.01. The highest BCUT2D eigenvalue weighted by molar-refractivity contribution is 6.03. The van der Waals surface area contributed by atoms with Crippen molar-refractivity contribution in [2.45, 2.75) is 13.0 Å². The van der Waals surface area contributed by atoms with Crippen molar-refractivity contribution in [2.75, 3.05) is 20.6 Å². The Morgan fingerprint density at radius 2 is 2.16 bits per heavy atom. The number of carbonyl (C=O) groups excluding carboxylic acids is 1. The number of aromatic nitrogens is 1. The number of carbonyl (C=O) groups is 1. The third kappa shape index (κ3) is 1.86. The Kier molecular flexibility index (Phi) is 2.71. The minimum Gasteiger partial charge on any atom is -0.508 e. The number of hydrogen-bond acceptors (Lipinski definition) is 3. The van der Waals surface area contributed by atoms with Crippen molar-refractivity contribution in [3.63, 3.8) is 0 Å². The van der Waals surface area contributed by atoms with Crippen LogP contribution in [0, 0.1) is 0 Å². The molecule has 5 heteroatoms. The maximum absolute atomic E-state index is 11.9. The average molecular weight is 259 g/mol. The van der Waals surface area contributed by atoms with E-state index >= 15 is 0 Å². The molecule has 1 aromatic heterocycles. The van der Waals surface area contributed by atoms with Crippen LogP contribution < -0.4 is 5.32 Å². The lowest BCUT2D eigenvalue weighted by Crippen LogP contribution is -2.31. The number of H-pyrrole nitrogens is 1. The normalized spacial score (nSPS) is 14.8. The molecular formula is C14H17N3O2. The predicted molar refractivity (Wildman–Crippen MR) is 73.4 cm³/mol. The fourth-order valence-corrected chi connectivity index (χ4v) is 2.73. The zero-order valence-corrected chi connectivity index (χ0v) is 11.1. The maximum Gasteiger partial charge on any atom is 0.268 e. The molecule has 0 unspecified atom stereocenters. The fourth-order valence-electron chi connectivity index (χ4n) is 2.73. The summed E-state index contributed by atoms with van der Waals surface area (Å²) in [7, 11) is 3.92. The van der Waals surface area contributed by atoms with Crippen molar-refractivity contribution < 1.29 is 9.90 Å². The van der Waals surface area contributed by atoms with Gasteiger partial charge in [0.25, 0.3) is 5.91 Å². The number of hydrogen-bond donors (Lipinski definition) is 3. The number of benzene rings is 1. The van der Waals surface area contributed by atoms with Crippen molar-refractivity contribution in [1.82, 2.24) is 15.2 Å². The number of aromatic hydroxyl groups is 1. The first-order valence-electron chi connectivity index (χ1n) is 6.36. The Bertz CT molecular complexity index is 658. The van der Waals surface area contributed by atoms with Gasteiger partial charge in [0.1, 0.15) is 11.4 Å². The summed E-state index contributed by atoms with van der Waals surface area (Å²) in [5.41, 5.74) is 3.45. The van der Waals surface area contributed by atoms with E-state index in [1.807, 2.05) is 25.1 Å². The molecule has 0 saturated heterocycles. The molecular weight excluding hydrogens is 242 g/mol. The van der Waals surface area contributed by atoms with Crippen LogP contribution in [0.25, 0.3) is 10.9 Å². The molecule has 3 rings (SSSR count). The molecule has 5 nitrogen and oxygen atoms in total. The Morgan fingerprint density at radius 3 is 2.89 bits per heavy atom. The number of phenolic OH excluding ortho intramolecular Hbond substituents is 1. The van der Waals surface area contributed by atoms with Crippen LogP contribution in [0.15, 0.2) is 12.1 Å². The van der Waals surface area contributed by atoms with Gasteiger partial charge in [0.2, 0.25) is 0 Å². The summed E-state index contributed by atoms with van der Waals surface area (Å²) in [5, 5.41) is 13.9. The van der Waals surface area contributed by atoms with Gasteiger partial charge in [-0.3, -0.25) is 4.79 Å². The number of phenols is 1. The number of nitrogens with one attached hydrogen (secondary N) is 2. The predicted octanol–water partition coefficient (Wildman–Crippen LogP) is 1.22. The van der Waals surface area contributed by atoms with Gasteiger partial charge in [0, 0.05) is 29.6 Å². The average Bonchev–Trinajstić information content (AvgIpc) is 2.73. The van der Waals surface area contributed by atoms with Crippen LogP contribution in [-0.2, 0) is 13.0 Å². The quantitative estimate of drug-likeness (QED) is 0.759. The van der Waals surface area contributed by atoms with Gasteiger partial charge in [-0.2, -0.15) is 0 Å². The lowest BCUT2D eigenvalue weighted by atomic mass is 9.99. The van der Waals surface area contributed by atoms with Crippen molar-refractivity contribution in [3.05, 3.63) is 29.0 Å². The highest BCUT2D eigenvalue weighted by Crippen LogP contribution is 2.33. The third-order valence-electron chi connectivity index (χ3n) is 3.51. The molecule has 100 valence electrons. The van der Waals surface area contributed by atoms with Crippen LogP contribution in [0.1, 0.15) is 21.6 Å². The molecule has 0 bridgehead atoms. The molecule has 0 spiro atoms. The summed E-state index contributed by atoms with van der Waals surface area (Å²) in [6.07, 6.45) is 0.797. The van der Waals surface area contributed by atoms with Crippen molar-refractivity contribution in [1.29, 1.82) is 0 Å². The number of amides is 1. The molecule has 2 heterocycles. The number of nitrogens with zero attached hydrogens (tertiary/aromatic N) is 1. The lowest BCUT2D eigenvalue weighted by Gasteiger charge is -2.16. The van der Waals surface area contributed by atoms with E-state index in [4.69, 9.17) is 0 Å². The van der Waals surface area contributed by atoms with Gasteiger partial charge >= 0.3 is 0 Å². The van der Waals surface area contributed by atoms with Crippen molar-refractivity contribution in [2.24, 2.45) is 0 Å². The second-order valence-corrected chi connectivity index (χ2v) is 5.21. The van der Waals surface area contributed by atoms with Gasteiger partial charge in [-0.15, -0.1) is 0 Å². The van der Waals surface area contributed by atoms with Gasteiger partial charge in [0.15, 0.2) is 0 Å². The van der Waals surface area contributed by atoms with Crippen LogP contribution in [-0.4, -0.2) is 41.5 Å². The highest BCUT2D eigenvalue weighted by atomic mass is 16.3. The summed E-state index contributed by atoms with van der Waals surface area (Å²) >= 11 is 0. The molecule has 0 radical (unpaired) electrons. The first-order chi connectivity index (χ1) is 9.08. The number of fused-ring (bicyclic) bond motifs is 3. The van der Waals surface area contributed by atoms with Gasteiger partial charge < -0.3 is 20.3 Å². The monoisotopic (exact) mass is 259 g/mol. The first kappa shape index (κ1) is 12.0. The Morgan fingerprint density at radius 1 is 1.37 bits per heavy atom. The highest BCUT2D eigenvalue weighted by Gasteiger charge is 2.24. The molecule has 1 aliphatic rings. The molecule has 0 atom stereocenters. The Balaban J connectivity index is 2.29. The van der Waals surface area contributed by atoms with Crippen molar-refractivity contribution in [3.8, 4) is 5.75 Å². The first-order valence-corrected chi connectivity index (χ1v) is 6.36. The van der Waals surface area contributed by atoms with Crippen LogP contribution >= 0.6 is 0 Å². The van der Waals surface area contributed by atoms with E-state index in [2.05, 4.69) is 10.3 Å². The van der Waals surface area contributed by atoms with E-state index in [1.165, 1.54) is 0 Å². The molecule has 1 aromatic carbocycles. The number of aromatic amines is 1. The largest absolute Gasteiger partial charge is 0.508 e. The summed E-state index contributed by atoms with van der Waals surface area (Å²) in [4.78, 5) is 17.0. The second-order valence-electron chi connectivity index (χ2n) is 5.21. The molecule has 0 fully saturated rings. The van der Waals surface area contributed by atoms with Crippen LogP contribution in [0.2, 0.25) is 0 Å². The van der Waals surface area contributed by atoms with E-state index in [1.54, 1.807) is 6.07 Å². The topological polar surface area (TPSA) is 68.4 Å². The Labute approximate surface area is 111 Å².